The fourth-order valence-electron chi connectivity index (χ4n) is 1.39. The standard InChI is InChI=1S/C11H6BrN3O2S2/c12-9-2-1-8(19-9)6-5-18-11(14-6)15-10(16)7-3-4-13-17-7/h1-5H,(H,14,15,16). The number of anilines is 1. The molecular formula is C11H6BrN3O2S2. The lowest BCUT2D eigenvalue weighted by molar-refractivity contribution is 0.0988. The first-order valence-corrected chi connectivity index (χ1v) is 7.64. The van der Waals surface area contributed by atoms with Crippen LogP contribution in [0.5, 0.6) is 0 Å². The van der Waals surface area contributed by atoms with Crippen molar-refractivity contribution in [3.63, 3.8) is 0 Å². The second kappa shape index (κ2) is 5.24. The smallest absolute Gasteiger partial charge is 0.296 e. The minimum Gasteiger partial charge on any atom is -0.351 e. The van der Waals surface area contributed by atoms with Crippen molar-refractivity contribution in [3.05, 3.63) is 39.3 Å². The summed E-state index contributed by atoms with van der Waals surface area (Å²) >= 11 is 6.36. The molecule has 3 aromatic rings. The summed E-state index contributed by atoms with van der Waals surface area (Å²) in [6.45, 7) is 0. The van der Waals surface area contributed by atoms with Crippen molar-refractivity contribution in [1.82, 2.24) is 10.1 Å². The number of halogens is 1. The Hall–Kier alpha value is -1.51. The van der Waals surface area contributed by atoms with Crippen LogP contribution in [0, 0.1) is 0 Å². The number of carbonyl (C=O) groups excluding carboxylic acids is 1. The van der Waals surface area contributed by atoms with Crippen molar-refractivity contribution < 1.29 is 9.32 Å². The molecule has 0 aliphatic carbocycles. The van der Waals surface area contributed by atoms with Crippen LogP contribution in [0.25, 0.3) is 10.6 Å². The molecule has 0 spiro atoms. The Morgan fingerprint density at radius 3 is 2.95 bits per heavy atom. The molecule has 0 aromatic carbocycles. The van der Waals surface area contributed by atoms with E-state index in [4.69, 9.17) is 4.52 Å². The lowest BCUT2D eigenvalue weighted by Crippen LogP contribution is -2.10. The molecule has 0 fully saturated rings. The van der Waals surface area contributed by atoms with Crippen molar-refractivity contribution in [1.29, 1.82) is 0 Å². The highest BCUT2D eigenvalue weighted by Crippen LogP contribution is 2.33. The van der Waals surface area contributed by atoms with Crippen LogP contribution in [0.2, 0.25) is 0 Å². The summed E-state index contributed by atoms with van der Waals surface area (Å²) in [5, 5.41) is 8.58. The van der Waals surface area contributed by atoms with Gasteiger partial charge in [-0.15, -0.1) is 22.7 Å². The number of nitrogens with zero attached hydrogens (tertiary/aromatic N) is 2. The van der Waals surface area contributed by atoms with Crippen LogP contribution >= 0.6 is 38.6 Å². The molecule has 0 saturated heterocycles. The number of hydrogen-bond donors (Lipinski definition) is 1. The van der Waals surface area contributed by atoms with Crippen LogP contribution in [0.3, 0.4) is 0 Å². The van der Waals surface area contributed by atoms with Gasteiger partial charge in [-0.1, -0.05) is 5.16 Å². The summed E-state index contributed by atoms with van der Waals surface area (Å²) in [4.78, 5) is 17.1. The van der Waals surface area contributed by atoms with Gasteiger partial charge >= 0.3 is 0 Å². The van der Waals surface area contributed by atoms with E-state index in [2.05, 4.69) is 31.4 Å². The van der Waals surface area contributed by atoms with Crippen molar-refractivity contribution in [2.24, 2.45) is 0 Å². The molecule has 0 aliphatic heterocycles. The predicted octanol–water partition coefficient (Wildman–Crippen LogP) is 3.87. The highest BCUT2D eigenvalue weighted by molar-refractivity contribution is 9.11. The second-order valence-electron chi connectivity index (χ2n) is 3.47. The summed E-state index contributed by atoms with van der Waals surface area (Å²) in [5.41, 5.74) is 0.841. The van der Waals surface area contributed by atoms with E-state index in [0.717, 1.165) is 14.4 Å². The Balaban J connectivity index is 1.77. The third-order valence-corrected chi connectivity index (χ3v) is 4.62. The summed E-state index contributed by atoms with van der Waals surface area (Å²) in [7, 11) is 0. The third-order valence-electron chi connectivity index (χ3n) is 2.21. The quantitative estimate of drug-likeness (QED) is 0.774. The molecular weight excluding hydrogens is 350 g/mol. The summed E-state index contributed by atoms with van der Waals surface area (Å²) in [6, 6.07) is 5.44. The number of amides is 1. The van der Waals surface area contributed by atoms with E-state index in [1.165, 1.54) is 23.6 Å². The monoisotopic (exact) mass is 355 g/mol. The molecule has 3 aromatic heterocycles. The Bertz CT molecular complexity index is 705. The molecule has 0 unspecified atom stereocenters. The second-order valence-corrected chi connectivity index (χ2v) is 6.79. The van der Waals surface area contributed by atoms with E-state index in [1.54, 1.807) is 11.3 Å². The van der Waals surface area contributed by atoms with E-state index in [0.29, 0.717) is 5.13 Å². The first-order chi connectivity index (χ1) is 9.22. The molecule has 1 N–H and O–H groups in total. The Kier molecular flexibility index (Phi) is 3.45. The van der Waals surface area contributed by atoms with Gasteiger partial charge in [0.25, 0.3) is 5.91 Å². The maximum atomic E-state index is 11.7. The van der Waals surface area contributed by atoms with Gasteiger partial charge in [0.1, 0.15) is 0 Å². The topological polar surface area (TPSA) is 68.0 Å². The third kappa shape index (κ3) is 2.75. The van der Waals surface area contributed by atoms with Crippen molar-refractivity contribution in [2.45, 2.75) is 0 Å². The molecule has 5 nitrogen and oxygen atoms in total. The van der Waals surface area contributed by atoms with Crippen LogP contribution in [-0.4, -0.2) is 16.0 Å². The van der Waals surface area contributed by atoms with Crippen LogP contribution in [0.4, 0.5) is 5.13 Å². The first kappa shape index (κ1) is 12.5. The lowest BCUT2D eigenvalue weighted by atomic mass is 10.4. The minimum absolute atomic E-state index is 0.163. The fourth-order valence-corrected chi connectivity index (χ4v) is 3.51. The maximum absolute atomic E-state index is 11.7. The van der Waals surface area contributed by atoms with Gasteiger partial charge < -0.3 is 4.52 Å². The number of rotatable bonds is 3. The number of thiazole rings is 1. The molecule has 19 heavy (non-hydrogen) atoms. The molecule has 1 amide bonds. The Labute approximate surface area is 124 Å². The minimum atomic E-state index is -0.356. The number of thiophene rings is 1. The van der Waals surface area contributed by atoms with Crippen LogP contribution < -0.4 is 5.32 Å². The summed E-state index contributed by atoms with van der Waals surface area (Å²) in [6.07, 6.45) is 1.42. The molecule has 3 heterocycles. The molecule has 96 valence electrons. The lowest BCUT2D eigenvalue weighted by Gasteiger charge is -1.96. The summed E-state index contributed by atoms with van der Waals surface area (Å²) < 4.78 is 5.82. The average molecular weight is 356 g/mol. The van der Waals surface area contributed by atoms with Crippen LogP contribution in [0.1, 0.15) is 10.6 Å². The number of carbonyl (C=O) groups is 1. The van der Waals surface area contributed by atoms with Gasteiger partial charge in [0.2, 0.25) is 5.76 Å². The van der Waals surface area contributed by atoms with Crippen LogP contribution in [-0.2, 0) is 0 Å². The Morgan fingerprint density at radius 1 is 1.37 bits per heavy atom. The van der Waals surface area contributed by atoms with Gasteiger partial charge in [-0.2, -0.15) is 0 Å². The number of hydrogen-bond acceptors (Lipinski definition) is 6. The van der Waals surface area contributed by atoms with Crippen molar-refractivity contribution in [2.75, 3.05) is 5.32 Å². The van der Waals surface area contributed by atoms with Gasteiger partial charge in [-0.25, -0.2) is 4.98 Å². The zero-order chi connectivity index (χ0) is 13.2. The average Bonchev–Trinajstić information content (AvgIpc) is 3.07. The molecule has 0 radical (unpaired) electrons. The molecule has 0 saturated carbocycles. The van der Waals surface area contributed by atoms with E-state index < -0.39 is 0 Å². The molecule has 8 heteroatoms. The first-order valence-electron chi connectivity index (χ1n) is 5.15. The van der Waals surface area contributed by atoms with Crippen molar-refractivity contribution >= 4 is 49.6 Å². The molecule has 3 rings (SSSR count). The molecule has 0 aliphatic rings. The van der Waals surface area contributed by atoms with Crippen molar-refractivity contribution in [3.8, 4) is 10.6 Å². The SMILES string of the molecule is O=C(Nc1nc(-c2ccc(Br)s2)cs1)c1ccno1. The van der Waals surface area contributed by atoms with Gasteiger partial charge in [0, 0.05) is 11.4 Å². The van der Waals surface area contributed by atoms with E-state index in [9.17, 15) is 4.79 Å². The van der Waals surface area contributed by atoms with Gasteiger partial charge in [0.05, 0.1) is 20.6 Å². The predicted molar refractivity (Wildman–Crippen MR) is 77.6 cm³/mol. The van der Waals surface area contributed by atoms with Crippen LogP contribution in [0.15, 0.2) is 38.1 Å². The van der Waals surface area contributed by atoms with Gasteiger partial charge in [-0.3, -0.25) is 10.1 Å². The van der Waals surface area contributed by atoms with E-state index >= 15 is 0 Å². The maximum Gasteiger partial charge on any atom is 0.296 e. The highest BCUT2D eigenvalue weighted by Gasteiger charge is 2.13. The Morgan fingerprint density at radius 2 is 2.26 bits per heavy atom. The zero-order valence-corrected chi connectivity index (χ0v) is 12.5. The molecule has 0 bridgehead atoms. The highest BCUT2D eigenvalue weighted by atomic mass is 79.9. The zero-order valence-electron chi connectivity index (χ0n) is 9.29. The van der Waals surface area contributed by atoms with E-state index in [1.807, 2.05) is 17.5 Å². The number of aromatic nitrogens is 2. The van der Waals surface area contributed by atoms with Gasteiger partial charge in [-0.05, 0) is 28.1 Å². The largest absolute Gasteiger partial charge is 0.351 e. The van der Waals surface area contributed by atoms with Gasteiger partial charge in [0.15, 0.2) is 5.13 Å². The van der Waals surface area contributed by atoms with E-state index in [-0.39, 0.29) is 11.7 Å². The summed E-state index contributed by atoms with van der Waals surface area (Å²) in [5.74, 6) is -0.193. The number of nitrogens with one attached hydrogen (secondary N) is 1. The normalized spacial score (nSPS) is 10.6. The fraction of sp³-hybridized carbons (Fsp3) is 0. The molecule has 0 atom stereocenters.